The summed E-state index contributed by atoms with van der Waals surface area (Å²) in [6.45, 7) is 6.57. The number of nitrogens with two attached hydrogens (primary N) is 1. The number of nitrogens with one attached hydrogen (secondary N) is 3. The van der Waals surface area contributed by atoms with Crippen LogP contribution in [-0.4, -0.2) is 42.5 Å². The SMILES string of the molecule is CC[C@H](C)[C@H](NC(=O)[C@@H](N)CCCNc1nc(C)cs1)C(=O)NC. The predicted octanol–water partition coefficient (Wildman–Crippen LogP) is 1.25. The van der Waals surface area contributed by atoms with E-state index in [-0.39, 0.29) is 17.7 Å². The third kappa shape index (κ3) is 6.45. The molecule has 0 spiro atoms. The molecule has 1 heterocycles. The zero-order chi connectivity index (χ0) is 18.1. The second kappa shape index (κ2) is 10.2. The van der Waals surface area contributed by atoms with Gasteiger partial charge in [0.15, 0.2) is 5.13 Å². The molecule has 8 heteroatoms. The minimum atomic E-state index is -0.624. The molecule has 1 aromatic heterocycles. The molecule has 1 rings (SSSR count). The minimum Gasteiger partial charge on any atom is -0.362 e. The lowest BCUT2D eigenvalue weighted by Crippen LogP contribution is -2.53. The van der Waals surface area contributed by atoms with Crippen molar-refractivity contribution < 1.29 is 9.59 Å². The Labute approximate surface area is 147 Å². The van der Waals surface area contributed by atoms with Crippen LogP contribution in [0.2, 0.25) is 0 Å². The van der Waals surface area contributed by atoms with E-state index in [1.807, 2.05) is 26.2 Å². The predicted molar refractivity (Wildman–Crippen MR) is 98.0 cm³/mol. The van der Waals surface area contributed by atoms with Gasteiger partial charge in [0.2, 0.25) is 11.8 Å². The molecule has 0 fully saturated rings. The van der Waals surface area contributed by atoms with Gasteiger partial charge < -0.3 is 21.7 Å². The quantitative estimate of drug-likeness (QED) is 0.472. The van der Waals surface area contributed by atoms with Crippen LogP contribution in [-0.2, 0) is 9.59 Å². The molecule has 24 heavy (non-hydrogen) atoms. The topological polar surface area (TPSA) is 109 Å². The number of nitrogens with zero attached hydrogens (tertiary/aromatic N) is 1. The highest BCUT2D eigenvalue weighted by Gasteiger charge is 2.26. The Morgan fingerprint density at radius 3 is 2.62 bits per heavy atom. The number of anilines is 1. The van der Waals surface area contributed by atoms with Crippen LogP contribution in [0.3, 0.4) is 0 Å². The van der Waals surface area contributed by atoms with Crippen molar-refractivity contribution in [2.45, 2.75) is 52.1 Å². The number of aryl methyl sites for hydroxylation is 1. The normalized spacial score (nSPS) is 14.5. The van der Waals surface area contributed by atoms with Crippen molar-refractivity contribution in [1.29, 1.82) is 0 Å². The number of amides is 2. The first-order chi connectivity index (χ1) is 11.4. The van der Waals surface area contributed by atoms with Gasteiger partial charge in [-0.05, 0) is 25.7 Å². The van der Waals surface area contributed by atoms with Gasteiger partial charge in [0.25, 0.3) is 0 Å². The molecule has 0 radical (unpaired) electrons. The van der Waals surface area contributed by atoms with Gasteiger partial charge in [-0.15, -0.1) is 11.3 Å². The number of carbonyl (C=O) groups is 2. The molecule has 0 saturated heterocycles. The maximum Gasteiger partial charge on any atom is 0.242 e. The Morgan fingerprint density at radius 1 is 1.38 bits per heavy atom. The number of carbonyl (C=O) groups excluding carboxylic acids is 2. The molecule has 0 saturated carbocycles. The van der Waals surface area contributed by atoms with E-state index in [1.165, 1.54) is 0 Å². The second-order valence-electron chi connectivity index (χ2n) is 5.96. The molecule has 136 valence electrons. The lowest BCUT2D eigenvalue weighted by atomic mass is 9.97. The number of thiazole rings is 1. The first-order valence-corrected chi connectivity index (χ1v) is 9.20. The molecule has 0 unspecified atom stereocenters. The summed E-state index contributed by atoms with van der Waals surface area (Å²) in [4.78, 5) is 28.4. The van der Waals surface area contributed by atoms with Crippen molar-refractivity contribution in [2.75, 3.05) is 18.9 Å². The molecule has 0 aliphatic carbocycles. The lowest BCUT2D eigenvalue weighted by molar-refractivity contribution is -0.130. The van der Waals surface area contributed by atoms with Crippen molar-refractivity contribution in [2.24, 2.45) is 11.7 Å². The average molecular weight is 356 g/mol. The third-order valence-corrected chi connectivity index (χ3v) is 4.88. The summed E-state index contributed by atoms with van der Waals surface area (Å²) in [6.07, 6.45) is 2.09. The van der Waals surface area contributed by atoms with Gasteiger partial charge in [-0.2, -0.15) is 0 Å². The van der Waals surface area contributed by atoms with Crippen LogP contribution in [0.1, 0.15) is 38.8 Å². The van der Waals surface area contributed by atoms with Crippen LogP contribution < -0.4 is 21.7 Å². The summed E-state index contributed by atoms with van der Waals surface area (Å²) >= 11 is 1.56. The van der Waals surface area contributed by atoms with Gasteiger partial charge in [0.05, 0.1) is 11.7 Å². The van der Waals surface area contributed by atoms with Crippen LogP contribution in [0.25, 0.3) is 0 Å². The monoisotopic (exact) mass is 355 g/mol. The molecule has 0 bridgehead atoms. The Hall–Kier alpha value is -1.67. The molecule has 2 amide bonds. The summed E-state index contributed by atoms with van der Waals surface area (Å²) < 4.78 is 0. The van der Waals surface area contributed by atoms with Crippen molar-refractivity contribution in [1.82, 2.24) is 15.6 Å². The van der Waals surface area contributed by atoms with Crippen LogP contribution in [0.5, 0.6) is 0 Å². The van der Waals surface area contributed by atoms with Gasteiger partial charge in [0, 0.05) is 19.0 Å². The number of hydrogen-bond donors (Lipinski definition) is 4. The van der Waals surface area contributed by atoms with Crippen molar-refractivity contribution in [3.63, 3.8) is 0 Å². The Morgan fingerprint density at radius 2 is 2.08 bits per heavy atom. The highest BCUT2D eigenvalue weighted by molar-refractivity contribution is 7.13. The second-order valence-corrected chi connectivity index (χ2v) is 6.81. The number of hydrogen-bond acceptors (Lipinski definition) is 6. The first-order valence-electron chi connectivity index (χ1n) is 8.32. The van der Waals surface area contributed by atoms with Crippen molar-refractivity contribution in [3.05, 3.63) is 11.1 Å². The van der Waals surface area contributed by atoms with E-state index in [0.717, 1.165) is 23.7 Å². The maximum atomic E-state index is 12.2. The minimum absolute atomic E-state index is 0.0518. The van der Waals surface area contributed by atoms with Crippen LogP contribution in [0, 0.1) is 12.8 Å². The Bertz CT molecular complexity index is 534. The number of rotatable bonds is 10. The highest BCUT2D eigenvalue weighted by Crippen LogP contribution is 2.14. The third-order valence-electron chi connectivity index (χ3n) is 3.96. The molecular formula is C16H29N5O2S. The summed E-state index contributed by atoms with van der Waals surface area (Å²) in [5.74, 6) is -0.421. The number of likely N-dealkylation sites (N-methyl/N-ethyl adjacent to an activating group) is 1. The van der Waals surface area contributed by atoms with Crippen LogP contribution >= 0.6 is 11.3 Å². The van der Waals surface area contributed by atoms with E-state index in [4.69, 9.17) is 5.73 Å². The fraction of sp³-hybridized carbons (Fsp3) is 0.688. The highest BCUT2D eigenvalue weighted by atomic mass is 32.1. The Kier molecular flexibility index (Phi) is 8.70. The average Bonchev–Trinajstić information content (AvgIpc) is 2.99. The maximum absolute atomic E-state index is 12.2. The fourth-order valence-electron chi connectivity index (χ4n) is 2.20. The van der Waals surface area contributed by atoms with Crippen molar-refractivity contribution >= 4 is 28.3 Å². The summed E-state index contributed by atoms with van der Waals surface area (Å²) in [5.41, 5.74) is 6.94. The fourth-order valence-corrected chi connectivity index (χ4v) is 2.92. The van der Waals surface area contributed by atoms with Crippen molar-refractivity contribution in [3.8, 4) is 0 Å². The molecule has 1 aromatic rings. The summed E-state index contributed by atoms with van der Waals surface area (Å²) in [5, 5.41) is 11.4. The first kappa shape index (κ1) is 20.4. The van der Waals surface area contributed by atoms with Crippen LogP contribution in [0.15, 0.2) is 5.38 Å². The van der Waals surface area contributed by atoms with Gasteiger partial charge >= 0.3 is 0 Å². The number of aromatic nitrogens is 1. The van der Waals surface area contributed by atoms with E-state index < -0.39 is 12.1 Å². The largest absolute Gasteiger partial charge is 0.362 e. The zero-order valence-corrected chi connectivity index (χ0v) is 15.7. The van der Waals surface area contributed by atoms with E-state index >= 15 is 0 Å². The zero-order valence-electron chi connectivity index (χ0n) is 14.9. The van der Waals surface area contributed by atoms with Gasteiger partial charge in [-0.3, -0.25) is 9.59 Å². The molecule has 0 aliphatic rings. The molecule has 0 aromatic carbocycles. The van der Waals surface area contributed by atoms with E-state index in [1.54, 1.807) is 18.4 Å². The summed E-state index contributed by atoms with van der Waals surface area (Å²) in [6, 6.07) is -1.17. The van der Waals surface area contributed by atoms with Gasteiger partial charge in [0.1, 0.15) is 6.04 Å². The molecule has 3 atom stereocenters. The Balaban J connectivity index is 2.38. The molecular weight excluding hydrogens is 326 g/mol. The van der Waals surface area contributed by atoms with E-state index in [2.05, 4.69) is 20.9 Å². The van der Waals surface area contributed by atoms with E-state index in [0.29, 0.717) is 13.0 Å². The van der Waals surface area contributed by atoms with Crippen LogP contribution in [0.4, 0.5) is 5.13 Å². The standard InChI is InChI=1S/C16H29N5O2S/c1-5-10(2)13(15(23)18-4)21-14(22)12(17)7-6-8-19-16-20-11(3)9-24-16/h9-10,12-13H,5-8,17H2,1-4H3,(H,18,23)(H,19,20)(H,21,22)/t10-,12-,13-/m0/s1. The molecule has 0 aliphatic heterocycles. The molecule has 7 nitrogen and oxygen atoms in total. The smallest absolute Gasteiger partial charge is 0.242 e. The van der Waals surface area contributed by atoms with Gasteiger partial charge in [-0.25, -0.2) is 4.98 Å². The summed E-state index contributed by atoms with van der Waals surface area (Å²) in [7, 11) is 1.57. The van der Waals surface area contributed by atoms with Gasteiger partial charge in [-0.1, -0.05) is 20.3 Å². The molecule has 5 N–H and O–H groups in total. The lowest BCUT2D eigenvalue weighted by Gasteiger charge is -2.24. The van der Waals surface area contributed by atoms with E-state index in [9.17, 15) is 9.59 Å².